The molecule has 0 bridgehead atoms. The molecule has 2 heterocycles. The number of hydrogen-bond donors (Lipinski definition) is 1. The summed E-state index contributed by atoms with van der Waals surface area (Å²) in [4.78, 5) is 13.1. The lowest BCUT2D eigenvalue weighted by molar-refractivity contribution is 0.415. The monoisotopic (exact) mass is 365 g/mol. The highest BCUT2D eigenvalue weighted by Crippen LogP contribution is 2.25. The smallest absolute Gasteiger partial charge is 0.226 e. The van der Waals surface area contributed by atoms with Crippen molar-refractivity contribution in [2.75, 3.05) is 12.4 Å². The summed E-state index contributed by atoms with van der Waals surface area (Å²) < 4.78 is 7.13. The van der Waals surface area contributed by atoms with Crippen molar-refractivity contribution in [2.45, 2.75) is 6.54 Å². The van der Waals surface area contributed by atoms with Gasteiger partial charge in [0, 0.05) is 5.69 Å². The predicted molar refractivity (Wildman–Crippen MR) is 102 cm³/mol. The maximum atomic E-state index is 6.15. The largest absolute Gasteiger partial charge is 0.497 e. The van der Waals surface area contributed by atoms with Gasteiger partial charge in [0.1, 0.15) is 5.75 Å². The standard InChI is InChI=1S/C19H16ClN5O/c1-26-15-9-7-14(8-10-15)22-17-16-18(24-19(20)23-17)25(12-21-16)11-13-5-3-2-4-6-13/h2-10,12H,11H2,1H3,(H,22,23,24). The molecule has 0 atom stereocenters. The van der Waals surface area contributed by atoms with Crippen molar-refractivity contribution in [2.24, 2.45) is 0 Å². The van der Waals surface area contributed by atoms with Crippen LogP contribution >= 0.6 is 11.6 Å². The Morgan fingerprint density at radius 3 is 2.54 bits per heavy atom. The first-order valence-electron chi connectivity index (χ1n) is 8.06. The maximum absolute atomic E-state index is 6.15. The fourth-order valence-corrected chi connectivity index (χ4v) is 2.88. The highest BCUT2D eigenvalue weighted by atomic mass is 35.5. The van der Waals surface area contributed by atoms with Gasteiger partial charge in [0.25, 0.3) is 0 Å². The minimum atomic E-state index is 0.170. The second-order valence-electron chi connectivity index (χ2n) is 5.73. The number of anilines is 2. The number of ether oxygens (including phenoxy) is 1. The Hall–Kier alpha value is -3.12. The Morgan fingerprint density at radius 1 is 1.04 bits per heavy atom. The van der Waals surface area contributed by atoms with Gasteiger partial charge in [-0.2, -0.15) is 9.97 Å². The minimum Gasteiger partial charge on any atom is -0.497 e. The molecule has 6 nitrogen and oxygen atoms in total. The number of methoxy groups -OCH3 is 1. The highest BCUT2D eigenvalue weighted by Gasteiger charge is 2.13. The van der Waals surface area contributed by atoms with Gasteiger partial charge < -0.3 is 14.6 Å². The molecule has 0 unspecified atom stereocenters. The van der Waals surface area contributed by atoms with Crippen LogP contribution in [0.3, 0.4) is 0 Å². The van der Waals surface area contributed by atoms with Crippen LogP contribution in [0.4, 0.5) is 11.5 Å². The zero-order chi connectivity index (χ0) is 17.9. The fourth-order valence-electron chi connectivity index (χ4n) is 2.71. The molecule has 0 saturated carbocycles. The molecule has 2 aromatic heterocycles. The Balaban J connectivity index is 1.69. The third-order valence-corrected chi connectivity index (χ3v) is 4.15. The fraction of sp³-hybridized carbons (Fsp3) is 0.105. The van der Waals surface area contributed by atoms with Crippen molar-refractivity contribution >= 4 is 34.3 Å². The van der Waals surface area contributed by atoms with Gasteiger partial charge in [-0.1, -0.05) is 30.3 Å². The van der Waals surface area contributed by atoms with Crippen LogP contribution in [0.15, 0.2) is 60.9 Å². The van der Waals surface area contributed by atoms with Crippen molar-refractivity contribution in [3.63, 3.8) is 0 Å². The van der Waals surface area contributed by atoms with Crippen LogP contribution in [0.5, 0.6) is 5.75 Å². The number of fused-ring (bicyclic) bond motifs is 1. The van der Waals surface area contributed by atoms with E-state index in [1.54, 1.807) is 13.4 Å². The maximum Gasteiger partial charge on any atom is 0.226 e. The van der Waals surface area contributed by atoms with Crippen molar-refractivity contribution in [3.8, 4) is 5.75 Å². The van der Waals surface area contributed by atoms with Crippen LogP contribution in [0.2, 0.25) is 5.28 Å². The number of imidazole rings is 1. The lowest BCUT2D eigenvalue weighted by Crippen LogP contribution is -2.01. The van der Waals surface area contributed by atoms with Crippen LogP contribution in [-0.4, -0.2) is 26.6 Å². The number of aromatic nitrogens is 4. The molecular weight excluding hydrogens is 350 g/mol. The third kappa shape index (κ3) is 3.32. The molecule has 130 valence electrons. The molecule has 0 radical (unpaired) electrons. The van der Waals surface area contributed by atoms with E-state index in [4.69, 9.17) is 16.3 Å². The van der Waals surface area contributed by atoms with E-state index in [1.807, 2.05) is 47.0 Å². The normalized spacial score (nSPS) is 10.8. The lowest BCUT2D eigenvalue weighted by atomic mass is 10.2. The van der Waals surface area contributed by atoms with E-state index in [0.29, 0.717) is 23.5 Å². The first-order valence-corrected chi connectivity index (χ1v) is 8.44. The number of halogens is 1. The highest BCUT2D eigenvalue weighted by molar-refractivity contribution is 6.28. The molecule has 0 saturated heterocycles. The van der Waals surface area contributed by atoms with Crippen LogP contribution in [0, 0.1) is 0 Å². The molecular formula is C19H16ClN5O. The second-order valence-corrected chi connectivity index (χ2v) is 6.06. The van der Waals surface area contributed by atoms with Gasteiger partial charge in [0.05, 0.1) is 20.0 Å². The van der Waals surface area contributed by atoms with E-state index in [0.717, 1.165) is 17.0 Å². The van der Waals surface area contributed by atoms with Crippen LogP contribution in [0.25, 0.3) is 11.2 Å². The van der Waals surface area contributed by atoms with E-state index in [1.165, 1.54) is 0 Å². The zero-order valence-corrected chi connectivity index (χ0v) is 14.8. The van der Waals surface area contributed by atoms with E-state index in [9.17, 15) is 0 Å². The van der Waals surface area contributed by atoms with Gasteiger partial charge >= 0.3 is 0 Å². The molecule has 0 spiro atoms. The molecule has 0 amide bonds. The van der Waals surface area contributed by atoms with Gasteiger partial charge in [-0.15, -0.1) is 0 Å². The Bertz CT molecular complexity index is 1030. The SMILES string of the molecule is COc1ccc(Nc2nc(Cl)nc3c2ncn3Cc2ccccc2)cc1. The molecule has 4 aromatic rings. The van der Waals surface area contributed by atoms with Gasteiger partial charge in [-0.25, -0.2) is 4.98 Å². The van der Waals surface area contributed by atoms with Crippen LogP contribution < -0.4 is 10.1 Å². The molecule has 0 aliphatic carbocycles. The topological polar surface area (TPSA) is 64.9 Å². The van der Waals surface area contributed by atoms with Gasteiger partial charge in [0.15, 0.2) is 17.0 Å². The third-order valence-electron chi connectivity index (χ3n) is 3.99. The Labute approximate surface area is 155 Å². The summed E-state index contributed by atoms with van der Waals surface area (Å²) >= 11 is 6.15. The summed E-state index contributed by atoms with van der Waals surface area (Å²) in [6.45, 7) is 0.659. The minimum absolute atomic E-state index is 0.170. The molecule has 2 aromatic carbocycles. The van der Waals surface area contributed by atoms with Crippen molar-refractivity contribution in [1.29, 1.82) is 0 Å². The average Bonchev–Trinajstić information content (AvgIpc) is 3.06. The van der Waals surface area contributed by atoms with Crippen molar-refractivity contribution in [3.05, 3.63) is 71.8 Å². The molecule has 0 fully saturated rings. The van der Waals surface area contributed by atoms with E-state index < -0.39 is 0 Å². The van der Waals surface area contributed by atoms with Gasteiger partial charge in [-0.3, -0.25) is 0 Å². The second kappa shape index (κ2) is 7.01. The number of benzene rings is 2. The molecule has 4 rings (SSSR count). The van der Waals surface area contributed by atoms with Gasteiger partial charge in [0.2, 0.25) is 5.28 Å². The van der Waals surface area contributed by atoms with E-state index >= 15 is 0 Å². The van der Waals surface area contributed by atoms with Gasteiger partial charge in [-0.05, 0) is 41.4 Å². The zero-order valence-electron chi connectivity index (χ0n) is 14.1. The summed E-state index contributed by atoms with van der Waals surface area (Å²) in [6, 6.07) is 17.7. The summed E-state index contributed by atoms with van der Waals surface area (Å²) in [7, 11) is 1.63. The summed E-state index contributed by atoms with van der Waals surface area (Å²) in [5.41, 5.74) is 3.37. The molecule has 0 aliphatic heterocycles. The van der Waals surface area contributed by atoms with E-state index in [2.05, 4.69) is 32.4 Å². The lowest BCUT2D eigenvalue weighted by Gasteiger charge is -2.08. The summed E-state index contributed by atoms with van der Waals surface area (Å²) in [6.07, 6.45) is 1.75. The van der Waals surface area contributed by atoms with Crippen LogP contribution in [-0.2, 0) is 6.54 Å². The Morgan fingerprint density at radius 2 is 1.81 bits per heavy atom. The number of hydrogen-bond acceptors (Lipinski definition) is 5. The number of rotatable bonds is 5. The van der Waals surface area contributed by atoms with Crippen molar-refractivity contribution < 1.29 is 4.74 Å². The molecule has 0 aliphatic rings. The summed E-state index contributed by atoms with van der Waals surface area (Å²) in [5.74, 6) is 1.35. The Kier molecular flexibility index (Phi) is 4.41. The summed E-state index contributed by atoms with van der Waals surface area (Å²) in [5, 5.41) is 3.42. The number of nitrogens with zero attached hydrogens (tertiary/aromatic N) is 4. The quantitative estimate of drug-likeness (QED) is 0.535. The van der Waals surface area contributed by atoms with Crippen LogP contribution in [0.1, 0.15) is 5.56 Å². The molecule has 7 heteroatoms. The molecule has 26 heavy (non-hydrogen) atoms. The predicted octanol–water partition coefficient (Wildman–Crippen LogP) is 4.28. The van der Waals surface area contributed by atoms with Crippen molar-refractivity contribution in [1.82, 2.24) is 19.5 Å². The average molecular weight is 366 g/mol. The first kappa shape index (κ1) is 16.4. The van der Waals surface area contributed by atoms with E-state index in [-0.39, 0.29) is 5.28 Å². The number of nitrogens with one attached hydrogen (secondary N) is 1. The first-order chi connectivity index (χ1) is 12.7. The molecule has 1 N–H and O–H groups in total.